The van der Waals surface area contributed by atoms with Crippen LogP contribution in [0.25, 0.3) is 0 Å². The number of aromatic nitrogens is 1. The van der Waals surface area contributed by atoms with Crippen LogP contribution >= 0.6 is 11.3 Å². The van der Waals surface area contributed by atoms with Crippen molar-refractivity contribution in [3.63, 3.8) is 0 Å². The maximum Gasteiger partial charge on any atom is 0.326 e. The molecule has 1 unspecified atom stereocenters. The molecular weight excluding hydrogens is 331 g/mol. The molecule has 3 rings (SSSR count). The summed E-state index contributed by atoms with van der Waals surface area (Å²) in [6.07, 6.45) is 2.79. The molecule has 1 heterocycles. The van der Waals surface area contributed by atoms with Gasteiger partial charge in [-0.05, 0) is 24.0 Å². The van der Waals surface area contributed by atoms with E-state index in [0.717, 1.165) is 12.8 Å². The van der Waals surface area contributed by atoms with E-state index in [1.54, 1.807) is 23.6 Å². The molecule has 7 heteroatoms. The SMILES string of the molecule is O=C(NC(CC1CC1)C(=O)O)c1csc(Cc2ccccc2F)n1. The first-order chi connectivity index (χ1) is 11.5. The van der Waals surface area contributed by atoms with Crippen molar-refractivity contribution in [1.29, 1.82) is 0 Å². The van der Waals surface area contributed by atoms with Crippen LogP contribution in [0.4, 0.5) is 4.39 Å². The molecular formula is C17H17FN2O3S. The van der Waals surface area contributed by atoms with Crippen LogP contribution in [-0.2, 0) is 11.2 Å². The van der Waals surface area contributed by atoms with Gasteiger partial charge in [0.05, 0.1) is 5.01 Å². The number of hydrogen-bond donors (Lipinski definition) is 2. The van der Waals surface area contributed by atoms with Gasteiger partial charge in [0.25, 0.3) is 5.91 Å². The van der Waals surface area contributed by atoms with Gasteiger partial charge in [0, 0.05) is 11.8 Å². The summed E-state index contributed by atoms with van der Waals surface area (Å²) in [5.74, 6) is -1.45. The van der Waals surface area contributed by atoms with Crippen molar-refractivity contribution in [3.05, 3.63) is 51.7 Å². The molecule has 0 radical (unpaired) electrons. The molecule has 1 atom stereocenters. The van der Waals surface area contributed by atoms with Crippen molar-refractivity contribution in [2.45, 2.75) is 31.7 Å². The van der Waals surface area contributed by atoms with Crippen LogP contribution in [0.15, 0.2) is 29.6 Å². The van der Waals surface area contributed by atoms with Crippen LogP contribution in [-0.4, -0.2) is 28.0 Å². The smallest absolute Gasteiger partial charge is 0.326 e. The fourth-order valence-electron chi connectivity index (χ4n) is 2.44. The zero-order chi connectivity index (χ0) is 17.1. The van der Waals surface area contributed by atoms with E-state index in [9.17, 15) is 19.1 Å². The largest absolute Gasteiger partial charge is 0.480 e. The lowest BCUT2D eigenvalue weighted by Gasteiger charge is -2.12. The van der Waals surface area contributed by atoms with E-state index in [1.807, 2.05) is 0 Å². The summed E-state index contributed by atoms with van der Waals surface area (Å²) in [6, 6.07) is 5.53. The van der Waals surface area contributed by atoms with Gasteiger partial charge in [-0.25, -0.2) is 14.2 Å². The van der Waals surface area contributed by atoms with Gasteiger partial charge in [-0.2, -0.15) is 0 Å². The Kier molecular flexibility index (Phi) is 4.89. The number of carbonyl (C=O) groups is 2. The van der Waals surface area contributed by atoms with Crippen LogP contribution in [0.1, 0.15) is 40.3 Å². The van der Waals surface area contributed by atoms with Crippen LogP contribution in [0.5, 0.6) is 0 Å². The molecule has 24 heavy (non-hydrogen) atoms. The standard InChI is InChI=1S/C17H17FN2O3S/c18-12-4-2-1-3-11(12)8-15-19-14(9-24-15)16(21)20-13(17(22)23)7-10-5-6-10/h1-4,9-10,13H,5-8H2,(H,20,21)(H,22,23). The summed E-state index contributed by atoms with van der Waals surface area (Å²) < 4.78 is 13.7. The van der Waals surface area contributed by atoms with Gasteiger partial charge in [0.2, 0.25) is 0 Å². The number of carboxylic acids is 1. The van der Waals surface area contributed by atoms with E-state index in [1.165, 1.54) is 17.4 Å². The van der Waals surface area contributed by atoms with Gasteiger partial charge in [-0.1, -0.05) is 31.0 Å². The summed E-state index contributed by atoms with van der Waals surface area (Å²) in [7, 11) is 0. The number of aliphatic carboxylic acids is 1. The van der Waals surface area contributed by atoms with Crippen LogP contribution < -0.4 is 5.32 Å². The summed E-state index contributed by atoms with van der Waals surface area (Å²) >= 11 is 1.26. The summed E-state index contributed by atoms with van der Waals surface area (Å²) in [5.41, 5.74) is 0.685. The van der Waals surface area contributed by atoms with Crippen LogP contribution in [0, 0.1) is 11.7 Å². The number of halogens is 1. The number of nitrogens with one attached hydrogen (secondary N) is 1. The van der Waals surface area contributed by atoms with E-state index in [4.69, 9.17) is 0 Å². The molecule has 0 saturated heterocycles. The zero-order valence-electron chi connectivity index (χ0n) is 12.9. The molecule has 2 N–H and O–H groups in total. The number of carboxylic acid groups (broad SMARTS) is 1. The van der Waals surface area contributed by atoms with Crippen molar-refractivity contribution in [2.24, 2.45) is 5.92 Å². The quantitative estimate of drug-likeness (QED) is 0.806. The number of hydrogen-bond acceptors (Lipinski definition) is 4. The number of amides is 1. The second-order valence-electron chi connectivity index (χ2n) is 5.94. The Bertz CT molecular complexity index is 758. The molecule has 1 aliphatic rings. The zero-order valence-corrected chi connectivity index (χ0v) is 13.7. The summed E-state index contributed by atoms with van der Waals surface area (Å²) in [6.45, 7) is 0. The Hall–Kier alpha value is -2.28. The number of benzene rings is 1. The van der Waals surface area contributed by atoms with Gasteiger partial charge in [-0.3, -0.25) is 4.79 Å². The summed E-state index contributed by atoms with van der Waals surface area (Å²) in [5, 5.41) is 13.9. The average molecular weight is 348 g/mol. The molecule has 1 aliphatic carbocycles. The van der Waals surface area contributed by atoms with Crippen LogP contribution in [0.2, 0.25) is 0 Å². The van der Waals surface area contributed by atoms with E-state index < -0.39 is 17.9 Å². The third-order valence-corrected chi connectivity index (χ3v) is 4.80. The topological polar surface area (TPSA) is 79.3 Å². The molecule has 2 aromatic rings. The van der Waals surface area contributed by atoms with E-state index in [-0.39, 0.29) is 11.5 Å². The highest BCUT2D eigenvalue weighted by atomic mass is 32.1. The highest BCUT2D eigenvalue weighted by molar-refractivity contribution is 7.09. The lowest BCUT2D eigenvalue weighted by Crippen LogP contribution is -2.41. The number of carbonyl (C=O) groups excluding carboxylic acids is 1. The fraction of sp³-hybridized carbons (Fsp3) is 0.353. The second kappa shape index (κ2) is 7.09. The van der Waals surface area contributed by atoms with Crippen molar-refractivity contribution in [1.82, 2.24) is 10.3 Å². The average Bonchev–Trinajstić information content (AvgIpc) is 3.24. The van der Waals surface area contributed by atoms with Gasteiger partial charge < -0.3 is 10.4 Å². The third-order valence-electron chi connectivity index (χ3n) is 3.95. The molecule has 0 spiro atoms. The second-order valence-corrected chi connectivity index (χ2v) is 6.88. The fourth-order valence-corrected chi connectivity index (χ4v) is 3.24. The first-order valence-corrected chi connectivity index (χ1v) is 8.62. The Morgan fingerprint density at radius 2 is 2.12 bits per heavy atom. The predicted molar refractivity (Wildman–Crippen MR) is 87.6 cm³/mol. The highest BCUT2D eigenvalue weighted by Crippen LogP contribution is 2.33. The molecule has 126 valence electrons. The molecule has 1 aromatic carbocycles. The molecule has 1 aromatic heterocycles. The van der Waals surface area contributed by atoms with Crippen molar-refractivity contribution >= 4 is 23.2 Å². The minimum absolute atomic E-state index is 0.174. The number of nitrogens with zero attached hydrogens (tertiary/aromatic N) is 1. The van der Waals surface area contributed by atoms with Crippen molar-refractivity contribution in [2.75, 3.05) is 0 Å². The van der Waals surface area contributed by atoms with E-state index in [2.05, 4.69) is 10.3 Å². The van der Waals surface area contributed by atoms with Gasteiger partial charge in [-0.15, -0.1) is 11.3 Å². The van der Waals surface area contributed by atoms with E-state index in [0.29, 0.717) is 29.3 Å². The molecule has 1 saturated carbocycles. The lowest BCUT2D eigenvalue weighted by molar-refractivity contribution is -0.139. The Morgan fingerprint density at radius 1 is 1.38 bits per heavy atom. The summed E-state index contributed by atoms with van der Waals surface area (Å²) in [4.78, 5) is 27.6. The molecule has 0 aliphatic heterocycles. The van der Waals surface area contributed by atoms with Gasteiger partial charge in [0.15, 0.2) is 0 Å². The Balaban J connectivity index is 1.64. The van der Waals surface area contributed by atoms with Crippen molar-refractivity contribution < 1.29 is 19.1 Å². The van der Waals surface area contributed by atoms with Crippen LogP contribution in [0.3, 0.4) is 0 Å². The minimum Gasteiger partial charge on any atom is -0.480 e. The number of thiazole rings is 1. The molecule has 5 nitrogen and oxygen atoms in total. The first-order valence-electron chi connectivity index (χ1n) is 7.74. The van der Waals surface area contributed by atoms with Gasteiger partial charge >= 0.3 is 5.97 Å². The Morgan fingerprint density at radius 3 is 2.79 bits per heavy atom. The number of rotatable bonds is 7. The first kappa shape index (κ1) is 16.6. The minimum atomic E-state index is -1.03. The normalized spacial score (nSPS) is 15.0. The lowest BCUT2D eigenvalue weighted by atomic mass is 10.1. The van der Waals surface area contributed by atoms with E-state index >= 15 is 0 Å². The maximum absolute atomic E-state index is 13.7. The van der Waals surface area contributed by atoms with Crippen molar-refractivity contribution in [3.8, 4) is 0 Å². The monoisotopic (exact) mass is 348 g/mol. The van der Waals surface area contributed by atoms with Gasteiger partial charge in [0.1, 0.15) is 17.6 Å². The third kappa shape index (κ3) is 4.17. The molecule has 1 amide bonds. The molecule has 1 fully saturated rings. The predicted octanol–water partition coefficient (Wildman–Crippen LogP) is 2.86. The Labute approximate surface area is 142 Å². The highest BCUT2D eigenvalue weighted by Gasteiger charge is 2.30. The maximum atomic E-state index is 13.7. The molecule has 0 bridgehead atoms.